The van der Waals surface area contributed by atoms with Crippen molar-refractivity contribution in [1.29, 1.82) is 0 Å². The largest absolute Gasteiger partial charge is 0.396 e. The van der Waals surface area contributed by atoms with E-state index < -0.39 is 0 Å². The molecule has 24 heavy (non-hydrogen) atoms. The van der Waals surface area contributed by atoms with E-state index >= 15 is 0 Å². The van der Waals surface area contributed by atoms with Gasteiger partial charge in [0.2, 0.25) is 5.51 Å². The first-order valence-corrected chi connectivity index (χ1v) is 8.77. The van der Waals surface area contributed by atoms with Crippen molar-refractivity contribution in [3.05, 3.63) is 64.0 Å². The number of nitrogens with zero attached hydrogens (tertiary/aromatic N) is 3. The predicted octanol–water partition coefficient (Wildman–Crippen LogP) is 2.77. The van der Waals surface area contributed by atoms with E-state index in [4.69, 9.17) is 5.11 Å². The minimum Gasteiger partial charge on any atom is -0.396 e. The molecule has 0 bridgehead atoms. The van der Waals surface area contributed by atoms with Crippen molar-refractivity contribution >= 4 is 22.8 Å². The number of benzene rings is 1. The molecule has 0 fully saturated rings. The fraction of sp³-hybridized carbons (Fsp3) is 0.278. The Labute approximate surface area is 145 Å². The Morgan fingerprint density at radius 1 is 1.21 bits per heavy atom. The zero-order valence-corrected chi connectivity index (χ0v) is 14.7. The average molecular weight is 341 g/mol. The molecule has 0 aliphatic rings. The van der Waals surface area contributed by atoms with Crippen LogP contribution in [-0.4, -0.2) is 21.7 Å². The van der Waals surface area contributed by atoms with E-state index in [1.54, 1.807) is 11.3 Å². The van der Waals surface area contributed by atoms with Crippen LogP contribution < -0.4 is 9.88 Å². The highest BCUT2D eigenvalue weighted by Crippen LogP contribution is 2.19. The zero-order chi connectivity index (χ0) is 16.9. The van der Waals surface area contributed by atoms with Crippen LogP contribution in [0.4, 0.5) is 11.5 Å². The van der Waals surface area contributed by atoms with E-state index in [9.17, 15) is 0 Å². The summed E-state index contributed by atoms with van der Waals surface area (Å²) in [6.07, 6.45) is 2.58. The van der Waals surface area contributed by atoms with Gasteiger partial charge in [-0.05, 0) is 19.1 Å². The second-order valence-corrected chi connectivity index (χ2v) is 6.55. The topological polar surface area (TPSA) is 61.9 Å². The predicted molar refractivity (Wildman–Crippen MR) is 95.6 cm³/mol. The number of hydrogen-bond donors (Lipinski definition) is 2. The smallest absolute Gasteiger partial charge is 0.225 e. The van der Waals surface area contributed by atoms with Crippen LogP contribution in [0.3, 0.4) is 0 Å². The summed E-state index contributed by atoms with van der Waals surface area (Å²) in [5.41, 5.74) is 5.31. The highest BCUT2D eigenvalue weighted by Gasteiger charge is 2.18. The molecule has 1 aromatic carbocycles. The van der Waals surface area contributed by atoms with Crippen molar-refractivity contribution in [2.45, 2.75) is 26.8 Å². The maximum atomic E-state index is 9.15. The van der Waals surface area contributed by atoms with Gasteiger partial charge in [-0.3, -0.25) is 0 Å². The van der Waals surface area contributed by atoms with Gasteiger partial charge in [-0.2, -0.15) is 4.57 Å². The summed E-state index contributed by atoms with van der Waals surface area (Å²) in [7, 11) is 0. The maximum absolute atomic E-state index is 9.15. The Bertz CT molecular complexity index is 817. The summed E-state index contributed by atoms with van der Waals surface area (Å²) in [5, 5.41) is 12.5. The molecule has 2 heterocycles. The Morgan fingerprint density at radius 3 is 2.75 bits per heavy atom. The lowest BCUT2D eigenvalue weighted by Gasteiger charge is -2.09. The van der Waals surface area contributed by atoms with E-state index in [-0.39, 0.29) is 6.61 Å². The maximum Gasteiger partial charge on any atom is 0.225 e. The van der Waals surface area contributed by atoms with Crippen LogP contribution in [0.5, 0.6) is 0 Å². The molecule has 0 spiro atoms. The number of hydrogen-bond acceptors (Lipinski definition) is 5. The quantitative estimate of drug-likeness (QED) is 0.677. The molecule has 0 amide bonds. The lowest BCUT2D eigenvalue weighted by atomic mass is 10.2. The van der Waals surface area contributed by atoms with E-state index in [1.165, 1.54) is 10.6 Å². The number of anilines is 2. The Hall–Kier alpha value is -2.31. The summed E-state index contributed by atoms with van der Waals surface area (Å²) >= 11 is 1.67. The summed E-state index contributed by atoms with van der Waals surface area (Å²) in [6.45, 7) is 4.85. The minimum atomic E-state index is 0.176. The monoisotopic (exact) mass is 341 g/mol. The standard InChI is InChI=1S/C18H21N4OS/c1-13-17(8-9-23)24-12-22(13)11-15-10-19-14(2)20-18(15)21-16-6-4-3-5-7-16/h3-7,10,12,23H,8-9,11H2,1-2H3,(H,19,20,21)/q+1. The Kier molecular flexibility index (Phi) is 5.17. The third-order valence-electron chi connectivity index (χ3n) is 3.86. The molecule has 6 heteroatoms. The summed E-state index contributed by atoms with van der Waals surface area (Å²) in [5.74, 6) is 1.57. The SMILES string of the molecule is Cc1ncc(C[n+]2csc(CCO)c2C)c(Nc2ccccc2)n1. The molecule has 0 atom stereocenters. The van der Waals surface area contributed by atoms with Crippen LogP contribution in [0.15, 0.2) is 42.0 Å². The van der Waals surface area contributed by atoms with E-state index in [0.717, 1.165) is 22.9 Å². The minimum absolute atomic E-state index is 0.176. The molecule has 2 aromatic heterocycles. The van der Waals surface area contributed by atoms with Gasteiger partial charge in [0.05, 0.1) is 10.4 Å². The fourth-order valence-electron chi connectivity index (χ4n) is 2.51. The van der Waals surface area contributed by atoms with Crippen molar-refractivity contribution in [2.24, 2.45) is 0 Å². The molecule has 3 aromatic rings. The van der Waals surface area contributed by atoms with E-state index in [2.05, 4.69) is 32.3 Å². The van der Waals surface area contributed by atoms with Gasteiger partial charge in [0.25, 0.3) is 0 Å². The highest BCUT2D eigenvalue weighted by molar-refractivity contribution is 7.09. The summed E-state index contributed by atoms with van der Waals surface area (Å²) in [4.78, 5) is 10.1. The van der Waals surface area contributed by atoms with E-state index in [1.807, 2.05) is 43.5 Å². The molecule has 3 rings (SSSR count). The van der Waals surface area contributed by atoms with Crippen LogP contribution in [-0.2, 0) is 13.0 Å². The molecular weight excluding hydrogens is 320 g/mol. The van der Waals surface area contributed by atoms with Gasteiger partial charge in [-0.25, -0.2) is 9.97 Å². The number of aryl methyl sites for hydroxylation is 1. The van der Waals surface area contributed by atoms with Crippen LogP contribution >= 0.6 is 11.3 Å². The van der Waals surface area contributed by atoms with Gasteiger partial charge in [0, 0.05) is 31.8 Å². The van der Waals surface area contributed by atoms with Crippen molar-refractivity contribution in [3.8, 4) is 0 Å². The molecule has 5 nitrogen and oxygen atoms in total. The molecule has 0 radical (unpaired) electrons. The third-order valence-corrected chi connectivity index (χ3v) is 5.00. The first-order chi connectivity index (χ1) is 11.7. The second-order valence-electron chi connectivity index (χ2n) is 5.62. The van der Waals surface area contributed by atoms with Crippen LogP contribution in [0.25, 0.3) is 0 Å². The second kappa shape index (κ2) is 7.51. The number of rotatable bonds is 6. The highest BCUT2D eigenvalue weighted by atomic mass is 32.1. The number of thiazole rings is 1. The van der Waals surface area contributed by atoms with Gasteiger partial charge in [-0.15, -0.1) is 0 Å². The number of aromatic nitrogens is 3. The molecular formula is C18H21N4OS+. The Morgan fingerprint density at radius 2 is 2.00 bits per heavy atom. The molecule has 2 N–H and O–H groups in total. The lowest BCUT2D eigenvalue weighted by Crippen LogP contribution is -2.35. The normalized spacial score (nSPS) is 10.8. The molecule has 0 saturated heterocycles. The van der Waals surface area contributed by atoms with Gasteiger partial charge < -0.3 is 10.4 Å². The Balaban J connectivity index is 1.88. The van der Waals surface area contributed by atoms with Gasteiger partial charge in [-0.1, -0.05) is 29.5 Å². The number of nitrogens with one attached hydrogen (secondary N) is 1. The summed E-state index contributed by atoms with van der Waals surface area (Å²) in [6, 6.07) is 10.0. The lowest BCUT2D eigenvalue weighted by molar-refractivity contribution is -0.689. The van der Waals surface area contributed by atoms with Crippen molar-refractivity contribution in [2.75, 3.05) is 11.9 Å². The molecule has 124 valence electrons. The van der Waals surface area contributed by atoms with Crippen molar-refractivity contribution in [3.63, 3.8) is 0 Å². The van der Waals surface area contributed by atoms with Crippen LogP contribution in [0.2, 0.25) is 0 Å². The molecule has 0 saturated carbocycles. The van der Waals surface area contributed by atoms with Crippen LogP contribution in [0.1, 0.15) is 22.0 Å². The average Bonchev–Trinajstić information content (AvgIpc) is 2.92. The third kappa shape index (κ3) is 3.77. The molecule has 0 aliphatic carbocycles. The number of para-hydroxylation sites is 1. The van der Waals surface area contributed by atoms with Crippen LogP contribution in [0, 0.1) is 13.8 Å². The zero-order valence-electron chi connectivity index (χ0n) is 13.9. The fourth-order valence-corrected chi connectivity index (χ4v) is 3.49. The number of aliphatic hydroxyl groups is 1. The van der Waals surface area contributed by atoms with Crippen molar-refractivity contribution in [1.82, 2.24) is 9.97 Å². The first kappa shape index (κ1) is 16.5. The molecule has 0 aliphatic heterocycles. The molecule has 0 unspecified atom stereocenters. The number of aliphatic hydroxyl groups excluding tert-OH is 1. The van der Waals surface area contributed by atoms with E-state index in [0.29, 0.717) is 13.0 Å². The summed E-state index contributed by atoms with van der Waals surface area (Å²) < 4.78 is 2.18. The van der Waals surface area contributed by atoms with Crippen molar-refractivity contribution < 1.29 is 9.67 Å². The first-order valence-electron chi connectivity index (χ1n) is 7.89. The van der Waals surface area contributed by atoms with Gasteiger partial charge in [0.15, 0.2) is 12.2 Å². The van der Waals surface area contributed by atoms with Gasteiger partial charge >= 0.3 is 0 Å². The van der Waals surface area contributed by atoms with Gasteiger partial charge in [0.1, 0.15) is 11.6 Å².